The number of methoxy groups -OCH3 is 1. The number of hydrogen-bond donors (Lipinski definition) is 0. The Bertz CT molecular complexity index is 1070. The average molecular weight is 463 g/mol. The molecule has 0 amide bonds. The van der Waals surface area contributed by atoms with E-state index in [2.05, 4.69) is 42.7 Å². The van der Waals surface area contributed by atoms with Crippen molar-refractivity contribution in [1.29, 1.82) is 0 Å². The van der Waals surface area contributed by atoms with Crippen LogP contribution in [0.2, 0.25) is 0 Å². The standard InChI is InChI=1S/C23H30N2O4S2/c1-6-25(13-16(2)3)31(27,28)23-21(22(26)29-5)19-11-12-24(15-20(19)30-23)14-18-9-7-17(4)8-10-18/h7-10H,2,6,11-15H2,1,3-5H3. The van der Waals surface area contributed by atoms with Crippen molar-refractivity contribution in [1.82, 2.24) is 9.21 Å². The molecule has 0 bridgehead atoms. The molecule has 2 aromatic rings. The molecule has 0 unspecified atom stereocenters. The molecule has 1 aliphatic rings. The summed E-state index contributed by atoms with van der Waals surface area (Å²) in [5, 5.41) is 0. The van der Waals surface area contributed by atoms with Crippen LogP contribution in [-0.2, 0) is 34.3 Å². The summed E-state index contributed by atoms with van der Waals surface area (Å²) >= 11 is 1.20. The van der Waals surface area contributed by atoms with Crippen molar-refractivity contribution in [3.63, 3.8) is 0 Å². The fourth-order valence-corrected chi connectivity index (χ4v) is 7.37. The van der Waals surface area contributed by atoms with Gasteiger partial charge in [-0.05, 0) is 31.4 Å². The molecule has 31 heavy (non-hydrogen) atoms. The largest absolute Gasteiger partial charge is 0.465 e. The summed E-state index contributed by atoms with van der Waals surface area (Å²) in [5.74, 6) is -0.588. The van der Waals surface area contributed by atoms with Gasteiger partial charge in [-0.2, -0.15) is 4.31 Å². The van der Waals surface area contributed by atoms with Crippen LogP contribution in [-0.4, -0.2) is 50.3 Å². The highest BCUT2D eigenvalue weighted by molar-refractivity contribution is 7.91. The Morgan fingerprint density at radius 3 is 2.55 bits per heavy atom. The van der Waals surface area contributed by atoms with E-state index >= 15 is 0 Å². The Labute approximate surface area is 189 Å². The number of fused-ring (bicyclic) bond motifs is 1. The molecule has 8 heteroatoms. The summed E-state index contributed by atoms with van der Waals surface area (Å²) in [6, 6.07) is 8.42. The maximum atomic E-state index is 13.4. The van der Waals surface area contributed by atoms with Gasteiger partial charge in [0.25, 0.3) is 10.0 Å². The second-order valence-corrected chi connectivity index (χ2v) is 11.2. The molecule has 1 aliphatic heterocycles. The van der Waals surface area contributed by atoms with Gasteiger partial charge >= 0.3 is 5.97 Å². The highest BCUT2D eigenvalue weighted by atomic mass is 32.2. The number of nitrogens with zero attached hydrogens (tertiary/aromatic N) is 2. The molecule has 0 radical (unpaired) electrons. The van der Waals surface area contributed by atoms with Crippen LogP contribution < -0.4 is 0 Å². The van der Waals surface area contributed by atoms with Gasteiger partial charge in [0.05, 0.1) is 12.7 Å². The van der Waals surface area contributed by atoms with Crippen molar-refractivity contribution in [3.05, 3.63) is 63.5 Å². The van der Waals surface area contributed by atoms with E-state index in [1.54, 1.807) is 13.8 Å². The van der Waals surface area contributed by atoms with Gasteiger partial charge in [0.2, 0.25) is 0 Å². The number of carbonyl (C=O) groups excluding carboxylic acids is 1. The molecule has 0 aliphatic carbocycles. The summed E-state index contributed by atoms with van der Waals surface area (Å²) < 4.78 is 33.3. The predicted octanol–water partition coefficient (Wildman–Crippen LogP) is 3.99. The lowest BCUT2D eigenvalue weighted by Crippen LogP contribution is -2.33. The van der Waals surface area contributed by atoms with Gasteiger partial charge in [0.15, 0.2) is 0 Å². The molecule has 0 spiro atoms. The summed E-state index contributed by atoms with van der Waals surface area (Å²) in [6.07, 6.45) is 0.615. The summed E-state index contributed by atoms with van der Waals surface area (Å²) in [4.78, 5) is 15.8. The number of sulfonamides is 1. The first-order chi connectivity index (χ1) is 14.7. The molecule has 0 fully saturated rings. The summed E-state index contributed by atoms with van der Waals surface area (Å²) in [5.41, 5.74) is 4.19. The van der Waals surface area contributed by atoms with Crippen LogP contribution in [0.25, 0.3) is 0 Å². The van der Waals surface area contributed by atoms with Crippen LogP contribution in [0.3, 0.4) is 0 Å². The molecule has 0 saturated carbocycles. The first-order valence-corrected chi connectivity index (χ1v) is 12.6. The normalized spacial score (nSPS) is 14.5. The third-order valence-corrected chi connectivity index (χ3v) is 9.03. The van der Waals surface area contributed by atoms with E-state index in [1.807, 2.05) is 0 Å². The van der Waals surface area contributed by atoms with Crippen molar-refractivity contribution in [2.24, 2.45) is 0 Å². The zero-order chi connectivity index (χ0) is 22.8. The van der Waals surface area contributed by atoms with E-state index in [4.69, 9.17) is 4.74 Å². The van der Waals surface area contributed by atoms with Crippen molar-refractivity contribution >= 4 is 27.3 Å². The lowest BCUT2D eigenvalue weighted by molar-refractivity contribution is 0.0595. The Balaban J connectivity index is 1.96. The molecular formula is C23H30N2O4S2. The molecule has 0 N–H and O–H groups in total. The van der Waals surface area contributed by atoms with E-state index in [-0.39, 0.29) is 16.3 Å². The molecule has 3 rings (SSSR count). The van der Waals surface area contributed by atoms with Crippen LogP contribution in [0, 0.1) is 6.92 Å². The van der Waals surface area contributed by atoms with Gasteiger partial charge in [-0.15, -0.1) is 11.3 Å². The molecule has 168 valence electrons. The third kappa shape index (κ3) is 5.09. The summed E-state index contributed by atoms with van der Waals surface area (Å²) in [6.45, 7) is 12.2. The smallest absolute Gasteiger partial charge is 0.340 e. The van der Waals surface area contributed by atoms with Crippen LogP contribution in [0.4, 0.5) is 0 Å². The van der Waals surface area contributed by atoms with Crippen LogP contribution in [0.15, 0.2) is 40.6 Å². The van der Waals surface area contributed by atoms with Crippen molar-refractivity contribution in [2.75, 3.05) is 26.7 Å². The highest BCUT2D eigenvalue weighted by Gasteiger charge is 2.36. The number of carbonyl (C=O) groups is 1. The SMILES string of the molecule is C=C(C)CN(CC)S(=O)(=O)c1sc2c(c1C(=O)OC)CCN(Cc1ccc(C)cc1)C2. The topological polar surface area (TPSA) is 66.9 Å². The zero-order valence-electron chi connectivity index (χ0n) is 18.6. The van der Waals surface area contributed by atoms with Gasteiger partial charge in [-0.3, -0.25) is 4.90 Å². The Morgan fingerprint density at radius 1 is 1.29 bits per heavy atom. The van der Waals surface area contributed by atoms with Gasteiger partial charge in [0, 0.05) is 37.6 Å². The lowest BCUT2D eigenvalue weighted by Gasteiger charge is -2.27. The van der Waals surface area contributed by atoms with E-state index < -0.39 is 16.0 Å². The fourth-order valence-electron chi connectivity index (χ4n) is 3.79. The van der Waals surface area contributed by atoms with Gasteiger partial charge in [0.1, 0.15) is 4.21 Å². The fraction of sp³-hybridized carbons (Fsp3) is 0.435. The van der Waals surface area contributed by atoms with Crippen LogP contribution in [0.5, 0.6) is 0 Å². The van der Waals surface area contributed by atoms with Crippen LogP contribution in [0.1, 0.15) is 45.8 Å². The number of rotatable bonds is 8. The summed E-state index contributed by atoms with van der Waals surface area (Å²) in [7, 11) is -2.54. The van der Waals surface area contributed by atoms with Gasteiger partial charge in [-0.25, -0.2) is 13.2 Å². The first kappa shape index (κ1) is 23.7. The molecule has 1 aromatic carbocycles. The molecular weight excluding hydrogens is 432 g/mol. The average Bonchev–Trinajstić information content (AvgIpc) is 3.12. The Kier molecular flexibility index (Phi) is 7.36. The van der Waals surface area contributed by atoms with E-state index in [0.717, 1.165) is 29.1 Å². The number of thiophene rings is 1. The Hall–Kier alpha value is -2.00. The quantitative estimate of drug-likeness (QED) is 0.438. The predicted molar refractivity (Wildman–Crippen MR) is 124 cm³/mol. The van der Waals surface area contributed by atoms with Gasteiger partial charge < -0.3 is 4.74 Å². The van der Waals surface area contributed by atoms with E-state index in [9.17, 15) is 13.2 Å². The van der Waals surface area contributed by atoms with Crippen molar-refractivity contribution < 1.29 is 17.9 Å². The maximum Gasteiger partial charge on any atom is 0.340 e. The minimum Gasteiger partial charge on any atom is -0.465 e. The van der Waals surface area contributed by atoms with Gasteiger partial charge in [-0.1, -0.05) is 48.9 Å². The molecule has 1 aromatic heterocycles. The number of hydrogen-bond acceptors (Lipinski definition) is 6. The number of benzene rings is 1. The number of likely N-dealkylation sites (N-methyl/N-ethyl adjacent to an activating group) is 1. The van der Waals surface area contributed by atoms with Crippen molar-refractivity contribution in [2.45, 2.75) is 44.5 Å². The minimum atomic E-state index is -3.84. The molecule has 0 saturated heterocycles. The molecule has 6 nitrogen and oxygen atoms in total. The second kappa shape index (κ2) is 9.65. The number of esters is 1. The van der Waals surface area contributed by atoms with E-state index in [1.165, 1.54) is 33.9 Å². The Morgan fingerprint density at radius 2 is 1.97 bits per heavy atom. The van der Waals surface area contributed by atoms with Crippen LogP contribution >= 0.6 is 11.3 Å². The number of ether oxygens (including phenoxy) is 1. The molecule has 0 atom stereocenters. The maximum absolute atomic E-state index is 13.4. The van der Waals surface area contributed by atoms with E-state index in [0.29, 0.717) is 19.5 Å². The molecule has 2 heterocycles. The lowest BCUT2D eigenvalue weighted by atomic mass is 10.0. The second-order valence-electron chi connectivity index (χ2n) is 7.99. The highest BCUT2D eigenvalue weighted by Crippen LogP contribution is 2.38. The van der Waals surface area contributed by atoms with Crippen molar-refractivity contribution in [3.8, 4) is 0 Å². The monoisotopic (exact) mass is 462 g/mol. The minimum absolute atomic E-state index is 0.0876. The zero-order valence-corrected chi connectivity index (χ0v) is 20.2. The third-order valence-electron chi connectivity index (χ3n) is 5.39. The number of aryl methyl sites for hydroxylation is 1. The first-order valence-electron chi connectivity index (χ1n) is 10.3.